The van der Waals surface area contributed by atoms with E-state index >= 15 is 0 Å². The second-order valence-corrected chi connectivity index (χ2v) is 4.07. The van der Waals surface area contributed by atoms with E-state index in [9.17, 15) is 9.59 Å². The van der Waals surface area contributed by atoms with Gasteiger partial charge in [-0.3, -0.25) is 9.11 Å². The number of nitrogens with zero attached hydrogens (tertiary/aromatic N) is 2. The summed E-state index contributed by atoms with van der Waals surface area (Å²) in [6.07, 6.45) is 5.41. The highest BCUT2D eigenvalue weighted by Gasteiger charge is 2.03. The van der Waals surface area contributed by atoms with Crippen LogP contribution in [0.5, 0.6) is 0 Å². The molecule has 0 aromatic carbocycles. The molecular weight excluding hydrogens is 352 g/mol. The largest absolute Gasteiger partial charge is 0.477 e. The van der Waals surface area contributed by atoms with E-state index in [1.165, 1.54) is 32.2 Å². The van der Waals surface area contributed by atoms with Crippen molar-refractivity contribution in [1.29, 1.82) is 0 Å². The Labute approximate surface area is 135 Å². The summed E-state index contributed by atoms with van der Waals surface area (Å²) >= 11 is 0. The highest BCUT2D eigenvalue weighted by Crippen LogP contribution is 1.91. The highest BCUT2D eigenvalue weighted by molar-refractivity contribution is 7.79. The van der Waals surface area contributed by atoms with Gasteiger partial charge in [0.2, 0.25) is 0 Å². The van der Waals surface area contributed by atoms with Crippen molar-refractivity contribution in [3.8, 4) is 0 Å². The average Bonchev–Trinajstić information content (AvgIpc) is 3.20. The van der Waals surface area contributed by atoms with Gasteiger partial charge >= 0.3 is 22.3 Å². The van der Waals surface area contributed by atoms with Crippen molar-refractivity contribution in [3.05, 3.63) is 36.4 Å². The number of carboxylic acid groups (broad SMARTS) is 1. The molecule has 0 radical (unpaired) electrons. The van der Waals surface area contributed by atoms with Gasteiger partial charge in [-0.2, -0.15) is 8.42 Å². The number of esters is 1. The van der Waals surface area contributed by atoms with Gasteiger partial charge in [0.1, 0.15) is 11.4 Å². The number of rotatable bonds is 2. The maximum absolute atomic E-state index is 10.6. The second kappa shape index (κ2) is 12.7. The molecule has 13 nitrogen and oxygen atoms in total. The fourth-order valence-electron chi connectivity index (χ4n) is 0.850. The van der Waals surface area contributed by atoms with E-state index in [0.717, 1.165) is 7.11 Å². The topological polar surface area (TPSA) is 216 Å². The van der Waals surface area contributed by atoms with Gasteiger partial charge in [-0.25, -0.2) is 19.6 Å². The first-order chi connectivity index (χ1) is 11.1. The molecule has 14 heteroatoms. The van der Waals surface area contributed by atoms with E-state index < -0.39 is 22.3 Å². The highest BCUT2D eigenvalue weighted by atomic mass is 32.3. The molecule has 0 amide bonds. The molecule has 0 atom stereocenters. The number of hydrogen-bond acceptors (Lipinski definition) is 8. The van der Waals surface area contributed by atoms with E-state index in [2.05, 4.69) is 24.7 Å². The molecule has 0 saturated heterocycles. The van der Waals surface area contributed by atoms with Crippen molar-refractivity contribution in [2.24, 2.45) is 0 Å². The average molecular weight is 368 g/mol. The molecule has 0 unspecified atom stereocenters. The maximum Gasteiger partial charge on any atom is 0.394 e. The minimum absolute atomic E-state index is 0.116. The molecule has 0 aliphatic rings. The summed E-state index contributed by atoms with van der Waals surface area (Å²) in [6.45, 7) is 0. The molecule has 0 fully saturated rings. The van der Waals surface area contributed by atoms with Gasteiger partial charge in [-0.1, -0.05) is 0 Å². The third-order valence-electron chi connectivity index (χ3n) is 1.63. The molecule has 2 aromatic rings. The fourth-order valence-corrected chi connectivity index (χ4v) is 0.850. The Kier molecular flexibility index (Phi) is 12.4. The Morgan fingerprint density at radius 1 is 1.04 bits per heavy atom. The predicted molar refractivity (Wildman–Crippen MR) is 77.8 cm³/mol. The van der Waals surface area contributed by atoms with Gasteiger partial charge in [0.15, 0.2) is 0 Å². The number of aliphatic hydroxyl groups excluding tert-OH is 1. The zero-order valence-corrected chi connectivity index (χ0v) is 13.3. The molecule has 6 N–H and O–H groups in total. The summed E-state index contributed by atoms with van der Waals surface area (Å²) < 4.78 is 36.0. The van der Waals surface area contributed by atoms with Gasteiger partial charge in [0.05, 0.1) is 32.2 Å². The predicted octanol–water partition coefficient (Wildman–Crippen LogP) is -0.740. The van der Waals surface area contributed by atoms with Gasteiger partial charge < -0.3 is 24.9 Å². The Bertz CT molecular complexity index is 659. The number of carbonyl (C=O) groups is 2. The maximum atomic E-state index is 10.6. The zero-order chi connectivity index (χ0) is 19.2. The number of aromatic amines is 2. The van der Waals surface area contributed by atoms with Crippen LogP contribution >= 0.6 is 0 Å². The lowest BCUT2D eigenvalue weighted by Gasteiger charge is -1.90. The van der Waals surface area contributed by atoms with Crippen molar-refractivity contribution >= 4 is 22.3 Å². The molecule has 0 bridgehead atoms. The Hall–Kier alpha value is -2.81. The molecule has 136 valence electrons. The number of methoxy groups -OCH3 is 1. The molecular formula is C10H16N4O9S. The number of aliphatic hydroxyl groups is 1. The van der Waals surface area contributed by atoms with Crippen LogP contribution < -0.4 is 0 Å². The number of aromatic carboxylic acids is 1. The summed E-state index contributed by atoms with van der Waals surface area (Å²) in [5, 5.41) is 15.2. The molecule has 0 aliphatic heterocycles. The van der Waals surface area contributed by atoms with Crippen molar-refractivity contribution in [3.63, 3.8) is 0 Å². The molecule has 2 heterocycles. The molecule has 2 rings (SSSR count). The fraction of sp³-hybridized carbons (Fsp3) is 0.200. The molecule has 0 saturated carbocycles. The van der Waals surface area contributed by atoms with E-state index in [4.69, 9.17) is 27.7 Å². The molecule has 2 aromatic heterocycles. The lowest BCUT2D eigenvalue weighted by molar-refractivity contribution is 0.0593. The quantitative estimate of drug-likeness (QED) is 0.286. The normalized spacial score (nSPS) is 9.04. The summed E-state index contributed by atoms with van der Waals surface area (Å²) in [5.41, 5.74) is 0.488. The Balaban J connectivity index is 0. The van der Waals surface area contributed by atoms with E-state index in [1.54, 1.807) is 0 Å². The summed E-state index contributed by atoms with van der Waals surface area (Å²) in [5.74, 6) is -1.38. The van der Waals surface area contributed by atoms with E-state index in [-0.39, 0.29) is 5.69 Å². The van der Waals surface area contributed by atoms with Gasteiger partial charge in [0.25, 0.3) is 0 Å². The van der Waals surface area contributed by atoms with Crippen LogP contribution in [0.15, 0.2) is 25.0 Å². The number of hydrogen-bond donors (Lipinski definition) is 6. The standard InChI is InChI=1S/C5H6N2O2.C4H4N2O2.CH4O.H2O4S/c1-9-5(8)4-2-6-3-7-4;7-4(8)3-1-5-2-6-3;1-2;1-5(2,3)4/h2-3H,1H3,(H,6,7);1-2H,(H,5,6)(H,7,8);2H,1H3;(H2,1,2,3,4). The first kappa shape index (κ1) is 23.5. The lowest BCUT2D eigenvalue weighted by Crippen LogP contribution is -2.00. The van der Waals surface area contributed by atoms with Crippen molar-refractivity contribution in [1.82, 2.24) is 19.9 Å². The van der Waals surface area contributed by atoms with E-state index in [0.29, 0.717) is 5.69 Å². The number of carbonyl (C=O) groups excluding carboxylic acids is 1. The van der Waals surface area contributed by atoms with Crippen LogP contribution in [0.1, 0.15) is 21.0 Å². The lowest BCUT2D eigenvalue weighted by atomic mass is 10.5. The second-order valence-electron chi connectivity index (χ2n) is 3.18. The number of nitrogens with one attached hydrogen (secondary N) is 2. The summed E-state index contributed by atoms with van der Waals surface area (Å²) in [4.78, 5) is 32.7. The van der Waals surface area contributed by atoms with Crippen molar-refractivity contribution < 1.29 is 42.1 Å². The first-order valence-corrected chi connectivity index (χ1v) is 6.97. The third kappa shape index (κ3) is 14.1. The first-order valence-electron chi connectivity index (χ1n) is 5.58. The van der Waals surface area contributed by atoms with Gasteiger partial charge in [-0.05, 0) is 0 Å². The minimum atomic E-state index is -4.67. The van der Waals surface area contributed by atoms with Crippen LogP contribution in [0.4, 0.5) is 0 Å². The number of ether oxygens (including phenoxy) is 1. The minimum Gasteiger partial charge on any atom is -0.477 e. The van der Waals surface area contributed by atoms with Crippen molar-refractivity contribution in [2.75, 3.05) is 14.2 Å². The van der Waals surface area contributed by atoms with Crippen LogP contribution in [0, 0.1) is 0 Å². The van der Waals surface area contributed by atoms with Crippen LogP contribution in [0.3, 0.4) is 0 Å². The van der Waals surface area contributed by atoms with Crippen molar-refractivity contribution in [2.45, 2.75) is 0 Å². The van der Waals surface area contributed by atoms with Crippen LogP contribution in [-0.4, -0.2) is 73.8 Å². The summed E-state index contributed by atoms with van der Waals surface area (Å²) in [7, 11) is -2.34. The van der Waals surface area contributed by atoms with Gasteiger partial charge in [0, 0.05) is 7.11 Å². The Morgan fingerprint density at radius 3 is 1.62 bits per heavy atom. The smallest absolute Gasteiger partial charge is 0.394 e. The Morgan fingerprint density at radius 2 is 1.42 bits per heavy atom. The summed E-state index contributed by atoms with van der Waals surface area (Å²) in [6, 6.07) is 0. The number of imidazole rings is 2. The SMILES string of the molecule is CO.COC(=O)c1cnc[nH]1.O=C(O)c1cnc[nH]1.O=S(=O)(O)O. The van der Waals surface area contributed by atoms with Crippen LogP contribution in [0.25, 0.3) is 0 Å². The van der Waals surface area contributed by atoms with E-state index in [1.807, 2.05) is 0 Å². The number of aromatic nitrogens is 4. The number of carboxylic acids is 1. The van der Waals surface area contributed by atoms with Gasteiger partial charge in [-0.15, -0.1) is 0 Å². The zero-order valence-electron chi connectivity index (χ0n) is 12.4. The monoisotopic (exact) mass is 368 g/mol. The van der Waals surface area contributed by atoms with Crippen LogP contribution in [-0.2, 0) is 15.1 Å². The molecule has 0 aliphatic carbocycles. The molecule has 24 heavy (non-hydrogen) atoms. The van der Waals surface area contributed by atoms with Crippen LogP contribution in [0.2, 0.25) is 0 Å². The molecule has 0 spiro atoms. The number of H-pyrrole nitrogens is 2. The third-order valence-corrected chi connectivity index (χ3v) is 1.63.